The number of H-pyrrole nitrogens is 1. The van der Waals surface area contributed by atoms with Gasteiger partial charge in [0, 0.05) is 37.7 Å². The zero-order valence-electron chi connectivity index (χ0n) is 27.9. The van der Waals surface area contributed by atoms with Gasteiger partial charge in [-0.3, -0.25) is 19.2 Å². The Labute approximate surface area is 257 Å². The van der Waals surface area contributed by atoms with Crippen molar-refractivity contribution in [2.75, 3.05) is 27.7 Å². The van der Waals surface area contributed by atoms with Crippen LogP contribution in [-0.2, 0) is 25.6 Å². The Hall–Kier alpha value is -3.40. The third-order valence-corrected chi connectivity index (χ3v) is 8.17. The first-order valence-corrected chi connectivity index (χ1v) is 15.5. The lowest BCUT2D eigenvalue weighted by atomic mass is 9.95. The molecule has 1 aromatic heterocycles. The smallest absolute Gasteiger partial charge is 0.246 e. The molecule has 4 atom stereocenters. The summed E-state index contributed by atoms with van der Waals surface area (Å²) in [5.41, 5.74) is 2.16. The summed E-state index contributed by atoms with van der Waals surface area (Å²) < 4.78 is 0. The Bertz CT molecular complexity index is 1240. The van der Waals surface area contributed by atoms with Crippen molar-refractivity contribution in [3.05, 3.63) is 36.0 Å². The normalized spacial score (nSPS) is 14.6. The zero-order valence-corrected chi connectivity index (χ0v) is 27.9. The molecule has 0 unspecified atom stereocenters. The molecule has 10 heteroatoms. The Balaban J connectivity index is 2.18. The molecule has 0 saturated heterocycles. The summed E-state index contributed by atoms with van der Waals surface area (Å²) in [6.45, 7) is 15.6. The summed E-state index contributed by atoms with van der Waals surface area (Å²) in [5.74, 6) is -1.71. The van der Waals surface area contributed by atoms with E-state index >= 15 is 0 Å². The van der Waals surface area contributed by atoms with E-state index in [1.54, 1.807) is 21.1 Å². The second-order valence-electron chi connectivity index (χ2n) is 12.9. The monoisotopic (exact) mass is 598 g/mol. The van der Waals surface area contributed by atoms with Gasteiger partial charge >= 0.3 is 0 Å². The molecule has 43 heavy (non-hydrogen) atoms. The molecule has 0 spiro atoms. The molecule has 0 aliphatic rings. The quantitative estimate of drug-likeness (QED) is 0.251. The number of aromatic nitrogens is 1. The van der Waals surface area contributed by atoms with Crippen LogP contribution in [-0.4, -0.2) is 90.3 Å². The predicted molar refractivity (Wildman–Crippen MR) is 172 cm³/mol. The first-order valence-electron chi connectivity index (χ1n) is 15.5. The average molecular weight is 599 g/mol. The molecule has 2 aromatic rings. The summed E-state index contributed by atoms with van der Waals surface area (Å²) in [6, 6.07) is 5.24. The van der Waals surface area contributed by atoms with E-state index in [1.807, 2.05) is 79.8 Å². The van der Waals surface area contributed by atoms with E-state index in [2.05, 4.69) is 27.0 Å². The van der Waals surface area contributed by atoms with Gasteiger partial charge in [0.05, 0.1) is 6.04 Å². The second-order valence-corrected chi connectivity index (χ2v) is 12.9. The highest BCUT2D eigenvalue weighted by molar-refractivity contribution is 5.95. The van der Waals surface area contributed by atoms with Crippen LogP contribution in [0.25, 0.3) is 10.9 Å². The Morgan fingerprint density at radius 1 is 0.744 bits per heavy atom. The standard InChI is InChI=1S/C33H54N6O4/c1-19(2)26(34-9)30(40)37-27(20(3)4)32(42)39(11)29(22(7)8)33(43)38(10)28(21(5)6)31(41)35-17-16-23-18-36-25-15-13-12-14-24(23)25/h12-15,18-22,26-29,34,36H,16-17H2,1-11H3,(H,35,41)(H,37,40)/t26-,27-,28-,29-/m0/s1. The topological polar surface area (TPSA) is 127 Å². The molecule has 0 aliphatic carbocycles. The maximum Gasteiger partial charge on any atom is 0.246 e. The van der Waals surface area contributed by atoms with Crippen LogP contribution in [0.5, 0.6) is 0 Å². The highest BCUT2D eigenvalue weighted by Gasteiger charge is 2.40. The first-order chi connectivity index (χ1) is 20.1. The molecular formula is C33H54N6O4. The molecule has 0 radical (unpaired) electrons. The lowest BCUT2D eigenvalue weighted by Gasteiger charge is -2.39. The molecular weight excluding hydrogens is 544 g/mol. The number of carbonyl (C=O) groups is 4. The van der Waals surface area contributed by atoms with Crippen molar-refractivity contribution in [3.63, 3.8) is 0 Å². The Morgan fingerprint density at radius 3 is 1.84 bits per heavy atom. The number of carbonyl (C=O) groups excluding carboxylic acids is 4. The maximum atomic E-state index is 14.0. The second kappa shape index (κ2) is 15.9. The van der Waals surface area contributed by atoms with E-state index in [-0.39, 0.29) is 47.3 Å². The highest BCUT2D eigenvalue weighted by atomic mass is 16.2. The largest absolute Gasteiger partial charge is 0.361 e. The number of benzene rings is 1. The SMILES string of the molecule is CN[C@H](C(=O)N[C@H](C(=O)N(C)[C@H](C(=O)N(C)[C@H](C(=O)NCCc1c[nH]c2ccccc12)C(C)C)C(C)C)C(C)C)C(C)C. The van der Waals surface area contributed by atoms with Crippen LogP contribution in [0.1, 0.15) is 61.0 Å². The number of amides is 4. The van der Waals surface area contributed by atoms with Gasteiger partial charge in [0.25, 0.3) is 0 Å². The number of nitrogens with zero attached hydrogens (tertiary/aromatic N) is 2. The van der Waals surface area contributed by atoms with E-state index in [0.29, 0.717) is 13.0 Å². The first kappa shape index (κ1) is 35.8. The molecule has 4 amide bonds. The van der Waals surface area contributed by atoms with E-state index in [4.69, 9.17) is 0 Å². The number of hydrogen-bond donors (Lipinski definition) is 4. The molecule has 1 heterocycles. The maximum absolute atomic E-state index is 14.0. The number of para-hydroxylation sites is 1. The minimum atomic E-state index is -0.818. The van der Waals surface area contributed by atoms with Crippen LogP contribution >= 0.6 is 0 Å². The van der Waals surface area contributed by atoms with E-state index in [0.717, 1.165) is 16.5 Å². The van der Waals surface area contributed by atoms with Crippen molar-refractivity contribution >= 4 is 34.5 Å². The molecule has 0 fully saturated rings. The minimum Gasteiger partial charge on any atom is -0.361 e. The van der Waals surface area contributed by atoms with Crippen molar-refractivity contribution in [1.29, 1.82) is 0 Å². The molecule has 0 aliphatic heterocycles. The van der Waals surface area contributed by atoms with Gasteiger partial charge in [-0.05, 0) is 48.8 Å². The third-order valence-electron chi connectivity index (χ3n) is 8.17. The zero-order chi connectivity index (χ0) is 32.6. The summed E-state index contributed by atoms with van der Waals surface area (Å²) in [7, 11) is 4.95. The van der Waals surface area contributed by atoms with Gasteiger partial charge in [-0.2, -0.15) is 0 Å². The molecule has 1 aromatic carbocycles. The van der Waals surface area contributed by atoms with Crippen molar-refractivity contribution in [2.45, 2.75) is 86.0 Å². The predicted octanol–water partition coefficient (Wildman–Crippen LogP) is 3.18. The number of likely N-dealkylation sites (N-methyl/N-ethyl adjacent to an activating group) is 3. The van der Waals surface area contributed by atoms with E-state index in [9.17, 15) is 19.2 Å². The Kier molecular flexibility index (Phi) is 13.2. The van der Waals surface area contributed by atoms with Gasteiger partial charge in [-0.1, -0.05) is 73.6 Å². The average Bonchev–Trinajstić information content (AvgIpc) is 3.34. The van der Waals surface area contributed by atoms with Crippen LogP contribution in [0, 0.1) is 23.7 Å². The van der Waals surface area contributed by atoms with E-state index in [1.165, 1.54) is 9.80 Å². The summed E-state index contributed by atoms with van der Waals surface area (Å²) >= 11 is 0. The Morgan fingerprint density at radius 2 is 1.30 bits per heavy atom. The van der Waals surface area contributed by atoms with Crippen molar-refractivity contribution < 1.29 is 19.2 Å². The fraction of sp³-hybridized carbons (Fsp3) is 0.636. The molecule has 240 valence electrons. The van der Waals surface area contributed by atoms with Crippen molar-refractivity contribution in [3.8, 4) is 0 Å². The van der Waals surface area contributed by atoms with Crippen LogP contribution in [0.2, 0.25) is 0 Å². The third kappa shape index (κ3) is 8.81. The van der Waals surface area contributed by atoms with Crippen molar-refractivity contribution in [1.82, 2.24) is 30.7 Å². The molecule has 0 saturated carbocycles. The molecule has 4 N–H and O–H groups in total. The summed E-state index contributed by atoms with van der Waals surface area (Å²) in [6.07, 6.45) is 2.61. The minimum absolute atomic E-state index is 0.0331. The van der Waals surface area contributed by atoms with Crippen molar-refractivity contribution in [2.24, 2.45) is 23.7 Å². The number of rotatable bonds is 15. The van der Waals surface area contributed by atoms with Crippen LogP contribution in [0.3, 0.4) is 0 Å². The lowest BCUT2D eigenvalue weighted by Crippen LogP contribution is -2.61. The number of aromatic amines is 1. The van der Waals surface area contributed by atoms with E-state index < -0.39 is 24.2 Å². The number of nitrogens with one attached hydrogen (secondary N) is 4. The van der Waals surface area contributed by atoms with Gasteiger partial charge in [0.15, 0.2) is 0 Å². The lowest BCUT2D eigenvalue weighted by molar-refractivity contribution is -0.151. The van der Waals surface area contributed by atoms with Gasteiger partial charge in [-0.25, -0.2) is 0 Å². The fourth-order valence-electron chi connectivity index (χ4n) is 5.81. The van der Waals surface area contributed by atoms with Gasteiger partial charge < -0.3 is 30.7 Å². The molecule has 0 bridgehead atoms. The summed E-state index contributed by atoms with van der Waals surface area (Å²) in [4.78, 5) is 60.4. The summed E-state index contributed by atoms with van der Waals surface area (Å²) in [5, 5.41) is 10.1. The number of hydrogen-bond acceptors (Lipinski definition) is 5. The molecule has 2 rings (SSSR count). The van der Waals surface area contributed by atoms with Crippen LogP contribution in [0.4, 0.5) is 0 Å². The fourth-order valence-corrected chi connectivity index (χ4v) is 5.81. The van der Waals surface area contributed by atoms with Crippen LogP contribution in [0.15, 0.2) is 30.5 Å². The number of fused-ring (bicyclic) bond motifs is 1. The molecule has 10 nitrogen and oxygen atoms in total. The highest BCUT2D eigenvalue weighted by Crippen LogP contribution is 2.21. The van der Waals surface area contributed by atoms with Gasteiger partial charge in [-0.15, -0.1) is 0 Å². The van der Waals surface area contributed by atoms with Gasteiger partial charge in [0.1, 0.15) is 18.1 Å². The van der Waals surface area contributed by atoms with Crippen LogP contribution < -0.4 is 16.0 Å². The van der Waals surface area contributed by atoms with Gasteiger partial charge in [0.2, 0.25) is 23.6 Å².